The summed E-state index contributed by atoms with van der Waals surface area (Å²) in [7, 11) is 1.84. The van der Waals surface area contributed by atoms with E-state index in [1.807, 2.05) is 23.9 Å². The van der Waals surface area contributed by atoms with Crippen LogP contribution in [0.25, 0.3) is 0 Å². The second-order valence-electron chi connectivity index (χ2n) is 8.00. The van der Waals surface area contributed by atoms with Crippen molar-refractivity contribution in [2.75, 3.05) is 26.7 Å². The third kappa shape index (κ3) is 6.07. The van der Waals surface area contributed by atoms with Crippen LogP contribution in [0.15, 0.2) is 35.6 Å². The van der Waals surface area contributed by atoms with Gasteiger partial charge in [0.25, 0.3) is 0 Å². The van der Waals surface area contributed by atoms with Gasteiger partial charge in [0, 0.05) is 37.6 Å². The minimum atomic E-state index is 0. The van der Waals surface area contributed by atoms with Gasteiger partial charge in [0.2, 0.25) is 0 Å². The van der Waals surface area contributed by atoms with Crippen LogP contribution in [0.4, 0.5) is 0 Å². The van der Waals surface area contributed by atoms with Crippen molar-refractivity contribution in [1.82, 2.24) is 30.3 Å². The van der Waals surface area contributed by atoms with Gasteiger partial charge in [-0.15, -0.1) is 24.0 Å². The van der Waals surface area contributed by atoms with E-state index >= 15 is 0 Å². The molecular weight excluding hydrogens is 513 g/mol. The van der Waals surface area contributed by atoms with Crippen molar-refractivity contribution in [3.05, 3.63) is 47.0 Å². The quantitative estimate of drug-likeness (QED) is 0.345. The highest BCUT2D eigenvalue weighted by Crippen LogP contribution is 2.22. The van der Waals surface area contributed by atoms with Crippen LogP contribution in [0.3, 0.4) is 0 Å². The van der Waals surface area contributed by atoms with Crippen molar-refractivity contribution in [2.45, 2.75) is 44.8 Å². The topological polar surface area (TPSA) is 70.4 Å². The fourth-order valence-electron chi connectivity index (χ4n) is 4.20. The van der Waals surface area contributed by atoms with Crippen LogP contribution in [-0.2, 0) is 19.5 Å². The van der Waals surface area contributed by atoms with Gasteiger partial charge in [-0.3, -0.25) is 9.89 Å². The third-order valence-electron chi connectivity index (χ3n) is 5.99. The lowest BCUT2D eigenvalue weighted by Crippen LogP contribution is -2.48. The summed E-state index contributed by atoms with van der Waals surface area (Å²) in [5.41, 5.74) is 1.22. The predicted octanol–water partition coefficient (Wildman–Crippen LogP) is 2.94. The van der Waals surface area contributed by atoms with E-state index in [1.54, 1.807) is 6.33 Å². The molecule has 164 valence electrons. The number of likely N-dealkylation sites (tertiary alicyclic amines) is 1. The van der Waals surface area contributed by atoms with Crippen molar-refractivity contribution in [3.8, 4) is 0 Å². The van der Waals surface area contributed by atoms with Crippen molar-refractivity contribution >= 4 is 41.5 Å². The molecule has 0 aliphatic carbocycles. The second kappa shape index (κ2) is 11.3. The highest BCUT2D eigenvalue weighted by atomic mass is 127. The number of aryl methyl sites for hydroxylation is 1. The summed E-state index contributed by atoms with van der Waals surface area (Å²) in [5.74, 6) is 2.64. The number of nitrogens with one attached hydrogen (secondary N) is 2. The van der Waals surface area contributed by atoms with Crippen LogP contribution in [-0.4, -0.2) is 58.3 Å². The monoisotopic (exact) mass is 543 g/mol. The van der Waals surface area contributed by atoms with Crippen molar-refractivity contribution < 1.29 is 0 Å². The fraction of sp³-hybridized carbons (Fsp3) is 0.571. The molecule has 1 saturated heterocycles. The average molecular weight is 544 g/mol. The number of rotatable bonds is 5. The molecule has 4 rings (SSSR count). The maximum atomic E-state index is 6.31. The highest BCUT2D eigenvalue weighted by Gasteiger charge is 2.22. The number of hydrogen-bond acceptors (Lipinski definition) is 4. The highest BCUT2D eigenvalue weighted by molar-refractivity contribution is 14.0. The van der Waals surface area contributed by atoms with Gasteiger partial charge >= 0.3 is 0 Å². The van der Waals surface area contributed by atoms with E-state index in [1.165, 1.54) is 18.4 Å². The summed E-state index contributed by atoms with van der Waals surface area (Å²) < 4.78 is 1.99. The first-order valence-electron chi connectivity index (χ1n) is 10.5. The number of benzene rings is 1. The molecule has 1 aromatic carbocycles. The Labute approximate surface area is 200 Å². The van der Waals surface area contributed by atoms with Gasteiger partial charge in [0.15, 0.2) is 5.96 Å². The van der Waals surface area contributed by atoms with E-state index in [4.69, 9.17) is 11.6 Å². The molecule has 9 heteroatoms. The zero-order chi connectivity index (χ0) is 20.1. The molecule has 7 nitrogen and oxygen atoms in total. The summed E-state index contributed by atoms with van der Waals surface area (Å²) in [5, 5.41) is 12.2. The Morgan fingerprint density at radius 1 is 1.23 bits per heavy atom. The van der Waals surface area contributed by atoms with Crippen molar-refractivity contribution in [2.24, 2.45) is 10.9 Å². The number of nitrogens with zero attached hydrogens (tertiary/aromatic N) is 5. The molecule has 2 N–H and O–H groups in total. The number of fused-ring (bicyclic) bond motifs is 1. The normalized spacial score (nSPS) is 20.3. The molecule has 0 radical (unpaired) electrons. The maximum Gasteiger partial charge on any atom is 0.191 e. The average Bonchev–Trinajstić information content (AvgIpc) is 3.21. The van der Waals surface area contributed by atoms with E-state index in [0.717, 1.165) is 62.4 Å². The Morgan fingerprint density at radius 3 is 2.80 bits per heavy atom. The lowest BCUT2D eigenvalue weighted by Gasteiger charge is -2.33. The summed E-state index contributed by atoms with van der Waals surface area (Å²) in [6.07, 6.45) is 6.04. The molecule has 1 unspecified atom stereocenters. The zero-order valence-electron chi connectivity index (χ0n) is 17.4. The summed E-state index contributed by atoms with van der Waals surface area (Å²) in [6, 6.07) is 8.49. The van der Waals surface area contributed by atoms with Gasteiger partial charge in [-0.1, -0.05) is 29.8 Å². The molecular formula is C21H31ClIN7. The van der Waals surface area contributed by atoms with Gasteiger partial charge in [0.05, 0.1) is 6.54 Å². The van der Waals surface area contributed by atoms with Crippen LogP contribution < -0.4 is 10.6 Å². The lowest BCUT2D eigenvalue weighted by molar-refractivity contribution is 0.178. The molecule has 3 heterocycles. The lowest BCUT2D eigenvalue weighted by atomic mass is 9.96. The molecule has 0 bridgehead atoms. The van der Waals surface area contributed by atoms with Crippen LogP contribution in [0, 0.1) is 5.92 Å². The smallest absolute Gasteiger partial charge is 0.191 e. The summed E-state index contributed by atoms with van der Waals surface area (Å²) >= 11 is 6.31. The van der Waals surface area contributed by atoms with Crippen molar-refractivity contribution in [3.63, 3.8) is 0 Å². The SMILES string of the molecule is CN=C(NCC1CCN(Cc2ccccc2Cl)CC1)NC1CCc2ncnn2C1.I. The zero-order valence-corrected chi connectivity index (χ0v) is 20.5. The minimum Gasteiger partial charge on any atom is -0.356 e. The first-order chi connectivity index (χ1) is 14.2. The maximum absolute atomic E-state index is 6.31. The molecule has 2 aliphatic heterocycles. The minimum absolute atomic E-state index is 0. The van der Waals surface area contributed by atoms with E-state index in [2.05, 4.69) is 42.7 Å². The fourth-order valence-corrected chi connectivity index (χ4v) is 4.40. The largest absolute Gasteiger partial charge is 0.356 e. The van der Waals surface area contributed by atoms with Gasteiger partial charge < -0.3 is 10.6 Å². The Morgan fingerprint density at radius 2 is 2.03 bits per heavy atom. The molecule has 0 saturated carbocycles. The van der Waals surface area contributed by atoms with Crippen LogP contribution in [0.1, 0.15) is 30.7 Å². The number of piperidine rings is 1. The Hall–Kier alpha value is -1.39. The van der Waals surface area contributed by atoms with Gasteiger partial charge in [-0.05, 0) is 49.9 Å². The molecule has 0 spiro atoms. The van der Waals surface area contributed by atoms with Gasteiger partial charge in [-0.25, -0.2) is 9.67 Å². The van der Waals surface area contributed by atoms with Gasteiger partial charge in [0.1, 0.15) is 12.2 Å². The van der Waals surface area contributed by atoms with E-state index in [9.17, 15) is 0 Å². The number of hydrogen-bond donors (Lipinski definition) is 2. The van der Waals surface area contributed by atoms with E-state index < -0.39 is 0 Å². The Bertz CT molecular complexity index is 832. The molecule has 2 aromatic rings. The first-order valence-corrected chi connectivity index (χ1v) is 10.9. The third-order valence-corrected chi connectivity index (χ3v) is 6.36. The van der Waals surface area contributed by atoms with Gasteiger partial charge in [-0.2, -0.15) is 5.10 Å². The number of guanidine groups is 1. The first kappa shape index (κ1) is 23.3. The Balaban J connectivity index is 0.00000256. The molecule has 1 aromatic heterocycles. The van der Waals surface area contributed by atoms with Crippen LogP contribution in [0.2, 0.25) is 5.02 Å². The summed E-state index contributed by atoms with van der Waals surface area (Å²) in [6.45, 7) is 4.97. The van der Waals surface area contributed by atoms with E-state index in [-0.39, 0.29) is 24.0 Å². The number of aromatic nitrogens is 3. The molecule has 1 atom stereocenters. The number of halogens is 2. The number of aliphatic imine (C=N–C) groups is 1. The van der Waals surface area contributed by atoms with Crippen LogP contribution >= 0.6 is 35.6 Å². The van der Waals surface area contributed by atoms with E-state index in [0.29, 0.717) is 12.0 Å². The molecule has 2 aliphatic rings. The van der Waals surface area contributed by atoms with Crippen molar-refractivity contribution in [1.29, 1.82) is 0 Å². The summed E-state index contributed by atoms with van der Waals surface area (Å²) in [4.78, 5) is 11.2. The second-order valence-corrected chi connectivity index (χ2v) is 8.41. The molecule has 1 fully saturated rings. The standard InChI is InChI=1S/C21H30ClN7.HI/c1-23-21(27-18-6-7-20-25-15-26-29(20)14-18)24-12-16-8-10-28(11-9-16)13-17-4-2-3-5-19(17)22;/h2-5,15-16,18H,6-14H2,1H3,(H2,23,24,27);1H. The Kier molecular flexibility index (Phi) is 8.76. The van der Waals surface area contributed by atoms with Crippen LogP contribution in [0.5, 0.6) is 0 Å². The molecule has 0 amide bonds. The predicted molar refractivity (Wildman–Crippen MR) is 131 cm³/mol. The molecule has 30 heavy (non-hydrogen) atoms.